The summed E-state index contributed by atoms with van der Waals surface area (Å²) in [5.41, 5.74) is 7.06. The molecule has 13 nitrogen and oxygen atoms in total. The highest BCUT2D eigenvalue weighted by atomic mass is 35.5. The van der Waals surface area contributed by atoms with Gasteiger partial charge in [-0.15, -0.1) is 0 Å². The van der Waals surface area contributed by atoms with Gasteiger partial charge in [0.1, 0.15) is 17.9 Å². The molecule has 0 saturated carbocycles. The monoisotopic (exact) mass is 856 g/mol. The van der Waals surface area contributed by atoms with Gasteiger partial charge in [0.25, 0.3) is 0 Å². The second-order valence-corrected chi connectivity index (χ2v) is 17.6. The SMILES string of the molecule is CC.CC(CCC(N)=O)SSCCC(=O)N(C)[C@@H](C)C(=O)O.CNC(=O)CC[C@]1(C)O[C@H]1[C@H](C)C1CC(C/C=C/C=C(\C)Cc2ccc(Cl)c(OC)c2)NC(=O)O1. The Morgan fingerprint density at radius 2 is 1.88 bits per heavy atom. The van der Waals surface area contributed by atoms with Crippen LogP contribution in [0.25, 0.3) is 0 Å². The number of rotatable bonds is 21. The maximum absolute atomic E-state index is 12.2. The Labute approximate surface area is 352 Å². The van der Waals surface area contributed by atoms with Gasteiger partial charge in [-0.25, -0.2) is 9.59 Å². The zero-order chi connectivity index (χ0) is 43.3. The van der Waals surface area contributed by atoms with Gasteiger partial charge in [-0.05, 0) is 64.2 Å². The fraction of sp³-hybridized carbons (Fsp3) is 0.634. The van der Waals surface area contributed by atoms with E-state index in [1.165, 1.54) is 24.4 Å². The highest BCUT2D eigenvalue weighted by molar-refractivity contribution is 8.76. The molecule has 2 aliphatic heterocycles. The number of carbonyl (C=O) groups is 5. The first kappa shape index (κ1) is 51.6. The number of carboxylic acids is 1. The van der Waals surface area contributed by atoms with Crippen LogP contribution in [-0.2, 0) is 35.1 Å². The molecule has 0 aliphatic carbocycles. The summed E-state index contributed by atoms with van der Waals surface area (Å²) in [6.45, 7) is 13.6. The van der Waals surface area contributed by atoms with Gasteiger partial charge in [0, 0.05) is 62.7 Å². The summed E-state index contributed by atoms with van der Waals surface area (Å²) < 4.78 is 16.8. The summed E-state index contributed by atoms with van der Waals surface area (Å²) in [5.74, 6) is -0.148. The van der Waals surface area contributed by atoms with E-state index in [1.54, 1.807) is 35.7 Å². The van der Waals surface area contributed by atoms with Crippen molar-refractivity contribution in [1.82, 2.24) is 15.5 Å². The lowest BCUT2D eigenvalue weighted by atomic mass is 9.86. The molecule has 0 radical (unpaired) electrons. The molecule has 322 valence electrons. The molecule has 2 saturated heterocycles. The zero-order valence-corrected chi connectivity index (χ0v) is 37.6. The van der Waals surface area contributed by atoms with Crippen LogP contribution in [0.3, 0.4) is 0 Å². The number of benzene rings is 1. The first-order chi connectivity index (χ1) is 26.9. The van der Waals surface area contributed by atoms with Gasteiger partial charge in [-0.1, -0.05) is 90.8 Å². The first-order valence-electron chi connectivity index (χ1n) is 19.5. The van der Waals surface area contributed by atoms with Crippen LogP contribution in [0.1, 0.15) is 99.0 Å². The van der Waals surface area contributed by atoms with Gasteiger partial charge in [-0.3, -0.25) is 14.4 Å². The van der Waals surface area contributed by atoms with Gasteiger partial charge >= 0.3 is 12.1 Å². The number of primary amides is 1. The Morgan fingerprint density at radius 1 is 1.19 bits per heavy atom. The Kier molecular flexibility index (Phi) is 24.1. The normalized spacial score (nSPS) is 21.6. The number of amides is 4. The number of carbonyl (C=O) groups excluding carboxylic acids is 4. The van der Waals surface area contributed by atoms with Crippen LogP contribution in [0.5, 0.6) is 5.75 Å². The molecule has 0 bridgehead atoms. The molecule has 5 N–H and O–H groups in total. The summed E-state index contributed by atoms with van der Waals surface area (Å²) in [7, 11) is 7.90. The van der Waals surface area contributed by atoms with Gasteiger partial charge in [0.05, 0.1) is 23.8 Å². The van der Waals surface area contributed by atoms with E-state index in [0.29, 0.717) is 47.5 Å². The molecule has 2 heterocycles. The number of hydrogen-bond donors (Lipinski definition) is 4. The van der Waals surface area contributed by atoms with E-state index in [0.717, 1.165) is 31.2 Å². The van der Waals surface area contributed by atoms with E-state index in [1.807, 2.05) is 52.0 Å². The van der Waals surface area contributed by atoms with E-state index >= 15 is 0 Å². The molecule has 3 unspecified atom stereocenters. The molecule has 0 spiro atoms. The third-order valence-corrected chi connectivity index (χ3v) is 12.9. The third kappa shape index (κ3) is 19.3. The molecule has 1 aromatic carbocycles. The smallest absolute Gasteiger partial charge is 0.407 e. The number of aliphatic carboxylic acids is 1. The molecule has 7 atom stereocenters. The predicted molar refractivity (Wildman–Crippen MR) is 231 cm³/mol. The van der Waals surface area contributed by atoms with Crippen molar-refractivity contribution in [2.45, 2.75) is 135 Å². The van der Waals surface area contributed by atoms with Crippen LogP contribution >= 0.6 is 33.2 Å². The number of nitrogens with two attached hydrogens (primary N) is 1. The van der Waals surface area contributed by atoms with Crippen LogP contribution in [0, 0.1) is 5.92 Å². The average molecular weight is 858 g/mol. The molecule has 2 fully saturated rings. The summed E-state index contributed by atoms with van der Waals surface area (Å²) >= 11 is 6.10. The fourth-order valence-corrected chi connectivity index (χ4v) is 8.44. The topological polar surface area (TPSA) is 190 Å². The second-order valence-electron chi connectivity index (χ2n) is 14.2. The maximum atomic E-state index is 12.2. The number of epoxide rings is 1. The third-order valence-electron chi connectivity index (χ3n) is 9.63. The minimum Gasteiger partial charge on any atom is -0.495 e. The van der Waals surface area contributed by atoms with Crippen molar-refractivity contribution in [3.8, 4) is 5.75 Å². The number of nitrogens with one attached hydrogen (secondary N) is 2. The Hall–Kier alpha value is -3.40. The number of hydrogen-bond acceptors (Lipinski definition) is 10. The molecule has 1 aromatic rings. The van der Waals surface area contributed by atoms with Gasteiger partial charge in [0.15, 0.2) is 0 Å². The largest absolute Gasteiger partial charge is 0.495 e. The van der Waals surface area contributed by atoms with Crippen LogP contribution in [-0.4, -0.2) is 102 Å². The standard InChI is InChI=1S/C27H37ClN2O5.C12H22N2O4S2.C2H6/c1-17(14-19-10-11-21(28)23(15-19)33-5)8-6-7-9-20-16-22(34-26(32)30-20)18(2)25-27(3,35-25)13-12-24(31)29-4;1-8(4-5-10(13)15)20-19-7-6-11(16)14(3)9(2)12(17)18;1-2/h6-8,10-11,15,18,20,22,25H,9,12-14,16H2,1-5H3,(H,29,31)(H,30,32);8-9H,4-7H2,1-3H3,(H2,13,15)(H,17,18);1-2H3/b7-6+,17-8+;;/t18-,20?,22?,25+,27+;8?,9-;/m10./s1. The summed E-state index contributed by atoms with van der Waals surface area (Å²) in [4.78, 5) is 58.1. The van der Waals surface area contributed by atoms with Crippen LogP contribution in [0.15, 0.2) is 42.0 Å². The zero-order valence-electron chi connectivity index (χ0n) is 35.2. The van der Waals surface area contributed by atoms with Crippen LogP contribution < -0.4 is 21.1 Å². The Balaban J connectivity index is 0.000000631. The number of alkyl carbamates (subject to hydrolysis) is 1. The van der Waals surface area contributed by atoms with Crippen molar-refractivity contribution in [2.75, 3.05) is 27.0 Å². The average Bonchev–Trinajstić information content (AvgIpc) is 3.87. The van der Waals surface area contributed by atoms with E-state index in [4.69, 9.17) is 36.7 Å². The summed E-state index contributed by atoms with van der Waals surface area (Å²) in [6.07, 6.45) is 10.3. The molecule has 4 amide bonds. The van der Waals surface area contributed by atoms with Crippen molar-refractivity contribution < 1.29 is 43.3 Å². The van der Waals surface area contributed by atoms with E-state index in [2.05, 4.69) is 36.6 Å². The first-order valence-corrected chi connectivity index (χ1v) is 22.2. The number of ether oxygens (including phenoxy) is 3. The molecule has 0 aromatic heterocycles. The minimum atomic E-state index is -1.01. The lowest BCUT2D eigenvalue weighted by molar-refractivity contribution is -0.148. The highest BCUT2D eigenvalue weighted by Crippen LogP contribution is 2.47. The lowest BCUT2D eigenvalue weighted by Crippen LogP contribution is -2.48. The number of halogens is 1. The fourth-order valence-electron chi connectivity index (χ4n) is 5.92. The molecule has 2 aliphatic rings. The number of cyclic esters (lactones) is 1. The summed E-state index contributed by atoms with van der Waals surface area (Å²) in [5, 5.41) is 15.3. The van der Waals surface area contributed by atoms with Crippen molar-refractivity contribution >= 4 is 63.0 Å². The minimum absolute atomic E-state index is 0.00468. The molecular formula is C41H65ClN4O9S2. The van der Waals surface area contributed by atoms with E-state index < -0.39 is 12.0 Å². The summed E-state index contributed by atoms with van der Waals surface area (Å²) in [6, 6.07) is 4.99. The number of allylic oxidation sites excluding steroid dienone is 3. The molecule has 16 heteroatoms. The van der Waals surface area contributed by atoms with Crippen LogP contribution in [0.2, 0.25) is 5.02 Å². The molecule has 57 heavy (non-hydrogen) atoms. The highest BCUT2D eigenvalue weighted by Gasteiger charge is 2.57. The van der Waals surface area contributed by atoms with Crippen LogP contribution in [0.4, 0.5) is 4.79 Å². The second kappa shape index (κ2) is 26.6. The molecule has 3 rings (SSSR count). The number of methoxy groups -OCH3 is 1. The number of carboxylic acid groups (broad SMARTS) is 1. The van der Waals surface area contributed by atoms with Crippen molar-refractivity contribution in [2.24, 2.45) is 11.7 Å². The quantitative estimate of drug-likeness (QED) is 0.0419. The van der Waals surface area contributed by atoms with Gasteiger partial charge in [0.2, 0.25) is 17.7 Å². The van der Waals surface area contributed by atoms with E-state index in [9.17, 15) is 24.0 Å². The predicted octanol–water partition coefficient (Wildman–Crippen LogP) is 7.34. The number of nitrogens with zero attached hydrogens (tertiary/aromatic N) is 1. The van der Waals surface area contributed by atoms with Gasteiger partial charge in [-0.2, -0.15) is 0 Å². The molecular weight excluding hydrogens is 792 g/mol. The van der Waals surface area contributed by atoms with Crippen molar-refractivity contribution in [3.05, 3.63) is 52.6 Å². The number of likely N-dealkylation sites (N-methyl/N-ethyl adjacent to an activating group) is 1. The van der Waals surface area contributed by atoms with Crippen molar-refractivity contribution in [1.29, 1.82) is 0 Å². The van der Waals surface area contributed by atoms with Gasteiger partial charge < -0.3 is 40.6 Å². The Morgan fingerprint density at radius 3 is 2.49 bits per heavy atom. The van der Waals surface area contributed by atoms with Crippen molar-refractivity contribution in [3.63, 3.8) is 0 Å². The van der Waals surface area contributed by atoms with E-state index in [-0.39, 0.29) is 53.6 Å². The lowest BCUT2D eigenvalue weighted by Gasteiger charge is -2.33. The Bertz CT molecular complexity index is 1530. The maximum Gasteiger partial charge on any atom is 0.407 e.